The summed E-state index contributed by atoms with van der Waals surface area (Å²) in [6.45, 7) is 2.58. The molecular formula is C22H21ClN2O3S. The first-order valence-electron chi connectivity index (χ1n) is 9.85. The van der Waals surface area contributed by atoms with Crippen LogP contribution >= 0.6 is 22.9 Å². The number of piperidine rings is 1. The van der Waals surface area contributed by atoms with Crippen LogP contribution < -0.4 is 4.74 Å². The second kappa shape index (κ2) is 7.69. The zero-order chi connectivity index (χ0) is 20.0. The molecule has 1 N–H and O–H groups in total. The van der Waals surface area contributed by atoms with Gasteiger partial charge in [-0.05, 0) is 48.6 Å². The maximum absolute atomic E-state index is 12.7. The molecule has 0 amide bonds. The van der Waals surface area contributed by atoms with E-state index in [2.05, 4.69) is 22.0 Å². The molecule has 1 unspecified atom stereocenters. The number of likely N-dealkylation sites (tertiary alicyclic amines) is 1. The Bertz CT molecular complexity index is 1080. The minimum atomic E-state index is -0.398. The number of rotatable bonds is 3. The van der Waals surface area contributed by atoms with Crippen LogP contribution in [0.4, 0.5) is 0 Å². The number of carbonyl (C=O) groups is 1. The summed E-state index contributed by atoms with van der Waals surface area (Å²) in [6, 6.07) is 11.8. The molecule has 3 heterocycles. The third-order valence-electron chi connectivity index (χ3n) is 5.70. The molecule has 7 heteroatoms. The van der Waals surface area contributed by atoms with E-state index in [-0.39, 0.29) is 12.1 Å². The highest BCUT2D eigenvalue weighted by Crippen LogP contribution is 2.38. The number of aliphatic hydroxyl groups excluding tert-OH is 1. The van der Waals surface area contributed by atoms with Crippen molar-refractivity contribution in [2.45, 2.75) is 37.8 Å². The van der Waals surface area contributed by atoms with Gasteiger partial charge in [0.05, 0.1) is 15.8 Å². The summed E-state index contributed by atoms with van der Waals surface area (Å²) in [7, 11) is 0. The Balaban J connectivity index is 1.36. The molecule has 29 heavy (non-hydrogen) atoms. The Labute approximate surface area is 177 Å². The Morgan fingerprint density at radius 3 is 2.86 bits per heavy atom. The van der Waals surface area contributed by atoms with Crippen LogP contribution in [0.25, 0.3) is 10.2 Å². The summed E-state index contributed by atoms with van der Waals surface area (Å²) >= 11 is 7.74. The largest absolute Gasteiger partial charge is 0.426 e. The van der Waals surface area contributed by atoms with Crippen molar-refractivity contribution in [1.29, 1.82) is 0 Å². The van der Waals surface area contributed by atoms with Crippen molar-refractivity contribution >= 4 is 39.1 Å². The Morgan fingerprint density at radius 1 is 1.24 bits per heavy atom. The number of ether oxygens (including phenoxy) is 1. The Morgan fingerprint density at radius 2 is 2.07 bits per heavy atom. The van der Waals surface area contributed by atoms with Gasteiger partial charge in [0.1, 0.15) is 22.2 Å². The average Bonchev–Trinajstić information content (AvgIpc) is 3.15. The fraction of sp³-hybridized carbons (Fsp3) is 0.364. The van der Waals surface area contributed by atoms with Gasteiger partial charge < -0.3 is 9.84 Å². The molecule has 0 saturated carbocycles. The molecule has 2 aliphatic rings. The zero-order valence-electron chi connectivity index (χ0n) is 15.8. The number of esters is 1. The van der Waals surface area contributed by atoms with Crippen molar-refractivity contribution in [2.24, 2.45) is 0 Å². The summed E-state index contributed by atoms with van der Waals surface area (Å²) in [5.74, 6) is -0.00346. The highest BCUT2D eigenvalue weighted by atomic mass is 35.5. The molecule has 1 fully saturated rings. The van der Waals surface area contributed by atoms with E-state index in [1.165, 1.54) is 11.3 Å². The Kier molecular flexibility index (Phi) is 5.04. The maximum Gasteiger partial charge on any atom is 0.321 e. The number of hydrogen-bond acceptors (Lipinski definition) is 6. The number of carbonyl (C=O) groups excluding carboxylic acids is 1. The van der Waals surface area contributed by atoms with Crippen LogP contribution in [0.1, 0.15) is 34.9 Å². The van der Waals surface area contributed by atoms with Crippen LogP contribution in [0.3, 0.4) is 0 Å². The lowest BCUT2D eigenvalue weighted by molar-refractivity contribution is -0.137. The molecule has 0 bridgehead atoms. The SMILES string of the molecule is O=C1Oc2cc(CN3CCC(O)CC3)ccc2CC1c1nc2c(Cl)cccc2s1. The monoisotopic (exact) mass is 428 g/mol. The predicted molar refractivity (Wildman–Crippen MR) is 114 cm³/mol. The highest BCUT2D eigenvalue weighted by molar-refractivity contribution is 7.18. The number of halogens is 1. The van der Waals surface area contributed by atoms with Gasteiger partial charge in [-0.2, -0.15) is 0 Å². The van der Waals surface area contributed by atoms with Gasteiger partial charge in [-0.1, -0.05) is 29.8 Å². The molecule has 1 saturated heterocycles. The fourth-order valence-electron chi connectivity index (χ4n) is 4.05. The highest BCUT2D eigenvalue weighted by Gasteiger charge is 2.32. The van der Waals surface area contributed by atoms with Crippen LogP contribution in [-0.4, -0.2) is 40.2 Å². The second-order valence-electron chi connectivity index (χ2n) is 7.77. The molecule has 5 rings (SSSR count). The van der Waals surface area contributed by atoms with Crippen molar-refractivity contribution in [3.63, 3.8) is 0 Å². The molecule has 1 aromatic heterocycles. The molecule has 0 spiro atoms. The summed E-state index contributed by atoms with van der Waals surface area (Å²) in [6.07, 6.45) is 2.04. The van der Waals surface area contributed by atoms with Gasteiger partial charge >= 0.3 is 5.97 Å². The summed E-state index contributed by atoms with van der Waals surface area (Å²) < 4.78 is 6.69. The quantitative estimate of drug-likeness (QED) is 0.501. The lowest BCUT2D eigenvalue weighted by Crippen LogP contribution is -2.35. The first kappa shape index (κ1) is 19.0. The van der Waals surface area contributed by atoms with Crippen molar-refractivity contribution in [3.05, 3.63) is 57.6 Å². The molecule has 5 nitrogen and oxygen atoms in total. The first-order valence-corrected chi connectivity index (χ1v) is 11.0. The standard InChI is InChI=1S/C22H21ClN2O3S/c23-17-2-1-3-19-20(17)24-21(29-19)16-11-14-5-4-13(10-18(14)28-22(16)27)12-25-8-6-15(26)7-9-25/h1-5,10,15-16,26H,6-9,11-12H2. The molecule has 150 valence electrons. The molecule has 0 aliphatic carbocycles. The maximum atomic E-state index is 12.7. The molecule has 0 radical (unpaired) electrons. The van der Waals surface area contributed by atoms with Gasteiger partial charge in [-0.3, -0.25) is 9.69 Å². The third kappa shape index (κ3) is 3.78. The molecule has 2 aliphatic heterocycles. The van der Waals surface area contributed by atoms with Crippen LogP contribution in [0, 0.1) is 0 Å². The minimum Gasteiger partial charge on any atom is -0.426 e. The van der Waals surface area contributed by atoms with E-state index in [0.29, 0.717) is 17.2 Å². The topological polar surface area (TPSA) is 62.7 Å². The smallest absolute Gasteiger partial charge is 0.321 e. The van der Waals surface area contributed by atoms with Crippen molar-refractivity contribution in [3.8, 4) is 5.75 Å². The lowest BCUT2D eigenvalue weighted by atomic mass is 9.95. The van der Waals surface area contributed by atoms with E-state index in [4.69, 9.17) is 16.3 Å². The number of para-hydroxylation sites is 1. The zero-order valence-corrected chi connectivity index (χ0v) is 17.4. The van der Waals surface area contributed by atoms with E-state index >= 15 is 0 Å². The number of benzene rings is 2. The van der Waals surface area contributed by atoms with E-state index in [9.17, 15) is 9.90 Å². The molecule has 2 aromatic carbocycles. The van der Waals surface area contributed by atoms with Crippen LogP contribution in [0.15, 0.2) is 36.4 Å². The van der Waals surface area contributed by atoms with Crippen LogP contribution in [-0.2, 0) is 17.8 Å². The van der Waals surface area contributed by atoms with Gasteiger partial charge in [0.25, 0.3) is 0 Å². The lowest BCUT2D eigenvalue weighted by Gasteiger charge is -2.30. The number of aliphatic hydroxyl groups is 1. The molecule has 1 atom stereocenters. The van der Waals surface area contributed by atoms with Gasteiger partial charge in [0.15, 0.2) is 0 Å². The van der Waals surface area contributed by atoms with Gasteiger partial charge in [0.2, 0.25) is 0 Å². The van der Waals surface area contributed by atoms with Crippen molar-refractivity contribution in [1.82, 2.24) is 9.88 Å². The van der Waals surface area contributed by atoms with Crippen LogP contribution in [0.5, 0.6) is 5.75 Å². The number of nitrogens with zero attached hydrogens (tertiary/aromatic N) is 2. The Hall–Kier alpha value is -1.99. The summed E-state index contributed by atoms with van der Waals surface area (Å²) in [4.78, 5) is 19.7. The van der Waals surface area contributed by atoms with E-state index in [0.717, 1.165) is 58.8 Å². The summed E-state index contributed by atoms with van der Waals surface area (Å²) in [5.41, 5.74) is 2.89. The number of thiazole rings is 1. The van der Waals surface area contributed by atoms with Crippen molar-refractivity contribution < 1.29 is 14.6 Å². The second-order valence-corrected chi connectivity index (χ2v) is 9.24. The van der Waals surface area contributed by atoms with Gasteiger partial charge in [0, 0.05) is 19.6 Å². The normalized spacial score (nSPS) is 20.6. The number of hydrogen-bond donors (Lipinski definition) is 1. The number of aromatic nitrogens is 1. The predicted octanol–water partition coefficient (Wildman–Crippen LogP) is 4.15. The van der Waals surface area contributed by atoms with Gasteiger partial charge in [-0.15, -0.1) is 11.3 Å². The molecule has 3 aromatic rings. The summed E-state index contributed by atoms with van der Waals surface area (Å²) in [5, 5.41) is 11.0. The minimum absolute atomic E-state index is 0.176. The first-order chi connectivity index (χ1) is 14.1. The van der Waals surface area contributed by atoms with E-state index < -0.39 is 5.92 Å². The van der Waals surface area contributed by atoms with E-state index in [1.54, 1.807) is 0 Å². The van der Waals surface area contributed by atoms with Crippen LogP contribution in [0.2, 0.25) is 5.02 Å². The van der Waals surface area contributed by atoms with Gasteiger partial charge in [-0.25, -0.2) is 4.98 Å². The third-order valence-corrected chi connectivity index (χ3v) is 7.14. The fourth-order valence-corrected chi connectivity index (χ4v) is 5.40. The molecular weight excluding hydrogens is 408 g/mol. The van der Waals surface area contributed by atoms with E-state index in [1.807, 2.05) is 24.3 Å². The average molecular weight is 429 g/mol. The van der Waals surface area contributed by atoms with Crippen molar-refractivity contribution in [2.75, 3.05) is 13.1 Å². The number of fused-ring (bicyclic) bond motifs is 2.